The van der Waals surface area contributed by atoms with Gasteiger partial charge < -0.3 is 14.2 Å². The van der Waals surface area contributed by atoms with Crippen LogP contribution in [-0.2, 0) is 23.8 Å². The zero-order valence-electron chi connectivity index (χ0n) is 25.6. The molecule has 6 heteroatoms. The summed E-state index contributed by atoms with van der Waals surface area (Å²) in [5.41, 5.74) is -0.168. The summed E-state index contributed by atoms with van der Waals surface area (Å²) < 4.78 is 16.6. The molecular weight excluding hydrogens is 496 g/mol. The molecule has 0 saturated heterocycles. The molecule has 0 aliphatic heterocycles. The fourth-order valence-electron chi connectivity index (χ4n) is 4.31. The van der Waals surface area contributed by atoms with Crippen molar-refractivity contribution in [2.75, 3.05) is 19.8 Å². The molecule has 0 rings (SSSR count). The van der Waals surface area contributed by atoms with E-state index < -0.39 is 5.25 Å². The number of carbonyl (C=O) groups excluding carboxylic acids is 2. The lowest BCUT2D eigenvalue weighted by atomic mass is 10.0. The Kier molecular flexibility index (Phi) is 28.7. The van der Waals surface area contributed by atoms with Gasteiger partial charge >= 0.3 is 11.9 Å². The summed E-state index contributed by atoms with van der Waals surface area (Å²) in [7, 11) is 0. The highest BCUT2D eigenvalue weighted by Crippen LogP contribution is 2.24. The van der Waals surface area contributed by atoms with E-state index in [-0.39, 0.29) is 23.8 Å². The number of ether oxygens (including phenoxy) is 3. The van der Waals surface area contributed by atoms with Crippen molar-refractivity contribution < 1.29 is 23.8 Å². The van der Waals surface area contributed by atoms with Gasteiger partial charge in [0.25, 0.3) is 0 Å². The predicted molar refractivity (Wildman–Crippen MR) is 163 cm³/mol. The molecule has 0 spiro atoms. The summed E-state index contributed by atoms with van der Waals surface area (Å²) in [4.78, 5) is 24.7. The third kappa shape index (κ3) is 25.5. The molecule has 5 nitrogen and oxygen atoms in total. The molecule has 0 N–H and O–H groups in total. The number of esters is 2. The van der Waals surface area contributed by atoms with Crippen LogP contribution in [0, 0.1) is 0 Å². The summed E-state index contributed by atoms with van der Waals surface area (Å²) in [5.74, 6) is -0.679. The maximum Gasteiger partial charge on any atom is 0.319 e. The Labute approximate surface area is 240 Å². The van der Waals surface area contributed by atoms with Gasteiger partial charge in [0, 0.05) is 6.61 Å². The highest BCUT2D eigenvalue weighted by atomic mass is 32.2. The summed E-state index contributed by atoms with van der Waals surface area (Å²) >= 11 is 1.37. The van der Waals surface area contributed by atoms with Crippen LogP contribution in [0.15, 0.2) is 0 Å². The van der Waals surface area contributed by atoms with Crippen molar-refractivity contribution >= 4 is 23.7 Å². The lowest BCUT2D eigenvalue weighted by Crippen LogP contribution is -2.27. The first-order chi connectivity index (χ1) is 18.5. The van der Waals surface area contributed by atoms with Gasteiger partial charge in [-0.25, -0.2) is 0 Å². The summed E-state index contributed by atoms with van der Waals surface area (Å²) in [5, 5.41) is -0.582. The molecule has 0 aromatic carbocycles. The van der Waals surface area contributed by atoms with E-state index in [9.17, 15) is 9.59 Å². The quantitative estimate of drug-likeness (QED) is 0.0517. The topological polar surface area (TPSA) is 61.8 Å². The van der Waals surface area contributed by atoms with Crippen LogP contribution >= 0.6 is 11.8 Å². The molecule has 2 unspecified atom stereocenters. The van der Waals surface area contributed by atoms with Gasteiger partial charge in [0.15, 0.2) is 0 Å². The predicted octanol–water partition coefficient (Wildman–Crippen LogP) is 9.79. The van der Waals surface area contributed by atoms with Gasteiger partial charge in [-0.2, -0.15) is 0 Å². The molecular formula is C32H62O5S. The molecule has 38 heavy (non-hydrogen) atoms. The van der Waals surface area contributed by atoms with E-state index in [1.54, 1.807) is 0 Å². The molecule has 2 atom stereocenters. The highest BCUT2D eigenvalue weighted by Gasteiger charge is 2.27. The molecule has 0 aliphatic carbocycles. The monoisotopic (exact) mass is 558 g/mol. The van der Waals surface area contributed by atoms with E-state index in [2.05, 4.69) is 20.8 Å². The van der Waals surface area contributed by atoms with Gasteiger partial charge in [-0.15, -0.1) is 11.8 Å². The minimum atomic E-state index is -0.582. The minimum Gasteiger partial charge on any atom is -0.466 e. The summed E-state index contributed by atoms with van der Waals surface area (Å²) in [6, 6.07) is 0. The maximum atomic E-state index is 12.5. The molecule has 0 saturated carbocycles. The average Bonchev–Trinajstić information content (AvgIpc) is 2.90. The Morgan fingerprint density at radius 3 is 1.45 bits per heavy atom. The standard InChI is InChI=1S/C32H62O5S/c1-5-8-11-12-13-14-15-16-17-18-19-20-21-22-23-24-27-35-29(4)38-30(32(34)37-26-10-7-3)28-31(33)36-25-9-6-2/h29-30H,5-28H2,1-4H3. The lowest BCUT2D eigenvalue weighted by Gasteiger charge is -2.20. The van der Waals surface area contributed by atoms with Gasteiger partial charge in [0.05, 0.1) is 19.6 Å². The first-order valence-electron chi connectivity index (χ1n) is 16.1. The number of carbonyl (C=O) groups is 2. The number of hydrogen-bond acceptors (Lipinski definition) is 6. The molecule has 0 bridgehead atoms. The molecule has 0 aromatic heterocycles. The molecule has 0 heterocycles. The molecule has 0 radical (unpaired) electrons. The molecule has 0 aliphatic rings. The van der Waals surface area contributed by atoms with E-state index in [1.165, 1.54) is 108 Å². The number of unbranched alkanes of at least 4 members (excludes halogenated alkanes) is 17. The van der Waals surface area contributed by atoms with Gasteiger partial charge in [-0.05, 0) is 26.2 Å². The average molecular weight is 559 g/mol. The third-order valence-electron chi connectivity index (χ3n) is 6.82. The van der Waals surface area contributed by atoms with Crippen LogP contribution in [-0.4, -0.2) is 42.4 Å². The van der Waals surface area contributed by atoms with Crippen molar-refractivity contribution in [2.24, 2.45) is 0 Å². The first-order valence-corrected chi connectivity index (χ1v) is 17.1. The Hall–Kier alpha value is -0.750. The van der Waals surface area contributed by atoms with Crippen molar-refractivity contribution in [3.05, 3.63) is 0 Å². The van der Waals surface area contributed by atoms with Crippen LogP contribution in [0.2, 0.25) is 0 Å². The Bertz CT molecular complexity index is 528. The van der Waals surface area contributed by atoms with Crippen LogP contribution in [0.4, 0.5) is 0 Å². The zero-order valence-corrected chi connectivity index (χ0v) is 26.4. The lowest BCUT2D eigenvalue weighted by molar-refractivity contribution is -0.149. The smallest absolute Gasteiger partial charge is 0.319 e. The van der Waals surface area contributed by atoms with E-state index >= 15 is 0 Å². The summed E-state index contributed by atoms with van der Waals surface area (Å²) in [6.45, 7) is 9.82. The van der Waals surface area contributed by atoms with E-state index in [4.69, 9.17) is 14.2 Å². The fraction of sp³-hybridized carbons (Fsp3) is 0.938. The van der Waals surface area contributed by atoms with Crippen LogP contribution < -0.4 is 0 Å². The van der Waals surface area contributed by atoms with Crippen molar-refractivity contribution in [3.8, 4) is 0 Å². The number of hydrogen-bond donors (Lipinski definition) is 0. The van der Waals surface area contributed by atoms with Crippen molar-refractivity contribution in [1.82, 2.24) is 0 Å². The van der Waals surface area contributed by atoms with E-state index in [1.807, 2.05) is 6.92 Å². The number of rotatable bonds is 29. The second kappa shape index (κ2) is 29.2. The SMILES string of the molecule is CCCCCCCCCCCCCCCCCCOC(C)SC(CC(=O)OCCCC)C(=O)OCCCC. The first kappa shape index (κ1) is 37.2. The molecule has 0 fully saturated rings. The Morgan fingerprint density at radius 1 is 0.553 bits per heavy atom. The Balaban J connectivity index is 3.85. The van der Waals surface area contributed by atoms with Crippen molar-refractivity contribution in [3.63, 3.8) is 0 Å². The molecule has 0 aromatic rings. The van der Waals surface area contributed by atoms with Crippen LogP contribution in [0.5, 0.6) is 0 Å². The fourth-order valence-corrected chi connectivity index (χ4v) is 5.36. The Morgan fingerprint density at radius 2 is 0.974 bits per heavy atom. The van der Waals surface area contributed by atoms with Crippen LogP contribution in [0.25, 0.3) is 0 Å². The summed E-state index contributed by atoms with van der Waals surface area (Å²) in [6.07, 6.45) is 25.2. The normalized spacial score (nSPS) is 12.8. The maximum absolute atomic E-state index is 12.5. The van der Waals surface area contributed by atoms with Gasteiger partial charge in [-0.3, -0.25) is 9.59 Å². The van der Waals surface area contributed by atoms with E-state index in [0.29, 0.717) is 19.8 Å². The van der Waals surface area contributed by atoms with Gasteiger partial charge in [0.2, 0.25) is 0 Å². The van der Waals surface area contributed by atoms with Gasteiger partial charge in [0.1, 0.15) is 10.7 Å². The highest BCUT2D eigenvalue weighted by molar-refractivity contribution is 8.01. The second-order valence-corrected chi connectivity index (χ2v) is 12.2. The zero-order chi connectivity index (χ0) is 28.1. The largest absolute Gasteiger partial charge is 0.466 e. The van der Waals surface area contributed by atoms with Crippen LogP contribution in [0.1, 0.15) is 163 Å². The van der Waals surface area contributed by atoms with Gasteiger partial charge in [-0.1, -0.05) is 130 Å². The third-order valence-corrected chi connectivity index (χ3v) is 8.03. The number of thioether (sulfide) groups is 1. The van der Waals surface area contributed by atoms with Crippen LogP contribution in [0.3, 0.4) is 0 Å². The molecule has 0 amide bonds. The minimum absolute atomic E-state index is 0.0338. The van der Waals surface area contributed by atoms with Crippen molar-refractivity contribution in [1.29, 1.82) is 0 Å². The van der Waals surface area contributed by atoms with Crippen molar-refractivity contribution in [2.45, 2.75) is 173 Å². The molecule has 226 valence electrons. The van der Waals surface area contributed by atoms with E-state index in [0.717, 1.165) is 32.1 Å². The second-order valence-electron chi connectivity index (χ2n) is 10.7.